The van der Waals surface area contributed by atoms with Crippen LogP contribution in [0.4, 0.5) is 0 Å². The minimum Gasteiger partial charge on any atom is -0.408 e. The molecule has 0 saturated carbocycles. The summed E-state index contributed by atoms with van der Waals surface area (Å²) in [4.78, 5) is 22.9. The van der Waals surface area contributed by atoms with Crippen molar-refractivity contribution >= 4 is 16.9 Å². The smallest absolute Gasteiger partial charge is 0.408 e. The van der Waals surface area contributed by atoms with Crippen LogP contribution in [0.5, 0.6) is 0 Å². The number of aryl methyl sites for hydroxylation is 1. The van der Waals surface area contributed by atoms with Crippen molar-refractivity contribution < 1.29 is 9.21 Å². The molecular weight excluding hydrogens is 206 g/mol. The Balaban J connectivity index is 2.65. The highest BCUT2D eigenvalue weighted by molar-refractivity contribution is 5.98. The summed E-state index contributed by atoms with van der Waals surface area (Å²) in [5, 5.41) is 0. The number of carbonyl (C=O) groups is 1. The molecule has 0 unspecified atom stereocenters. The molecule has 0 radical (unpaired) electrons. The van der Waals surface area contributed by atoms with Gasteiger partial charge in [0.25, 0.3) is 0 Å². The summed E-state index contributed by atoms with van der Waals surface area (Å²) >= 11 is 0. The molecule has 4 nitrogen and oxygen atoms in total. The Bertz CT molecular complexity index is 592. The maximum absolute atomic E-state index is 11.5. The molecule has 0 bridgehead atoms. The normalized spacial score (nSPS) is 10.9. The lowest BCUT2D eigenvalue weighted by atomic mass is 10.1. The van der Waals surface area contributed by atoms with E-state index < -0.39 is 0 Å². The Labute approximate surface area is 92.5 Å². The van der Waals surface area contributed by atoms with Gasteiger partial charge in [-0.15, -0.1) is 0 Å². The van der Waals surface area contributed by atoms with Crippen LogP contribution in [-0.2, 0) is 6.54 Å². The monoisotopic (exact) mass is 219 g/mol. The SMILES string of the molecule is CCC(=O)c1ccc2c(c1)oc(=O)n2CC. The molecule has 0 N–H and O–H groups in total. The van der Waals surface area contributed by atoms with Crippen molar-refractivity contribution in [2.75, 3.05) is 0 Å². The van der Waals surface area contributed by atoms with E-state index in [1.54, 1.807) is 25.1 Å². The summed E-state index contributed by atoms with van der Waals surface area (Å²) in [6.07, 6.45) is 0.449. The molecule has 0 atom stereocenters. The van der Waals surface area contributed by atoms with Crippen LogP contribution in [0.25, 0.3) is 11.1 Å². The predicted octanol–water partition coefficient (Wildman–Crippen LogP) is 2.21. The van der Waals surface area contributed by atoms with E-state index in [0.29, 0.717) is 24.1 Å². The first-order valence-electron chi connectivity index (χ1n) is 5.34. The van der Waals surface area contributed by atoms with Crippen molar-refractivity contribution in [3.05, 3.63) is 34.3 Å². The third-order valence-corrected chi connectivity index (χ3v) is 2.63. The number of aromatic nitrogens is 1. The van der Waals surface area contributed by atoms with Crippen LogP contribution >= 0.6 is 0 Å². The molecule has 1 heterocycles. The van der Waals surface area contributed by atoms with Gasteiger partial charge < -0.3 is 4.42 Å². The molecular formula is C12H13NO3. The van der Waals surface area contributed by atoms with Crippen LogP contribution in [0.3, 0.4) is 0 Å². The number of rotatable bonds is 3. The van der Waals surface area contributed by atoms with E-state index in [0.717, 1.165) is 5.52 Å². The lowest BCUT2D eigenvalue weighted by Crippen LogP contribution is -2.11. The molecule has 0 aliphatic heterocycles. The van der Waals surface area contributed by atoms with Gasteiger partial charge in [-0.3, -0.25) is 9.36 Å². The molecule has 1 aromatic heterocycles. The van der Waals surface area contributed by atoms with Crippen molar-refractivity contribution in [3.63, 3.8) is 0 Å². The van der Waals surface area contributed by atoms with E-state index in [1.165, 1.54) is 4.57 Å². The summed E-state index contributed by atoms with van der Waals surface area (Å²) in [7, 11) is 0. The van der Waals surface area contributed by atoms with Crippen LogP contribution < -0.4 is 5.76 Å². The van der Waals surface area contributed by atoms with Crippen molar-refractivity contribution in [2.24, 2.45) is 0 Å². The van der Waals surface area contributed by atoms with E-state index in [2.05, 4.69) is 0 Å². The number of carbonyl (C=O) groups excluding carboxylic acids is 1. The third kappa shape index (κ3) is 1.56. The molecule has 2 rings (SSSR count). The number of oxazole rings is 1. The molecule has 2 aromatic rings. The first-order valence-corrected chi connectivity index (χ1v) is 5.34. The first-order chi connectivity index (χ1) is 7.67. The van der Waals surface area contributed by atoms with Crippen LogP contribution in [0.2, 0.25) is 0 Å². The number of Topliss-reactive ketones (excluding diaryl/α,β-unsaturated/α-hetero) is 1. The van der Waals surface area contributed by atoms with Gasteiger partial charge in [0.1, 0.15) is 0 Å². The van der Waals surface area contributed by atoms with Gasteiger partial charge in [-0.1, -0.05) is 6.92 Å². The van der Waals surface area contributed by atoms with Gasteiger partial charge in [0.15, 0.2) is 11.4 Å². The average Bonchev–Trinajstić information content (AvgIpc) is 2.62. The van der Waals surface area contributed by atoms with Crippen molar-refractivity contribution in [1.82, 2.24) is 4.57 Å². The quantitative estimate of drug-likeness (QED) is 0.743. The largest absolute Gasteiger partial charge is 0.419 e. The number of fused-ring (bicyclic) bond motifs is 1. The Morgan fingerprint density at radius 2 is 2.12 bits per heavy atom. The van der Waals surface area contributed by atoms with Gasteiger partial charge in [0.2, 0.25) is 0 Å². The number of ketones is 1. The first kappa shape index (κ1) is 10.7. The van der Waals surface area contributed by atoms with Gasteiger partial charge in [-0.2, -0.15) is 0 Å². The molecule has 0 amide bonds. The second-order valence-electron chi connectivity index (χ2n) is 3.57. The molecule has 0 saturated heterocycles. The van der Waals surface area contributed by atoms with Crippen molar-refractivity contribution in [1.29, 1.82) is 0 Å². The summed E-state index contributed by atoms with van der Waals surface area (Å²) in [5.74, 6) is -0.326. The van der Waals surface area contributed by atoms with Crippen molar-refractivity contribution in [3.8, 4) is 0 Å². The van der Waals surface area contributed by atoms with E-state index in [4.69, 9.17) is 4.42 Å². The topological polar surface area (TPSA) is 52.2 Å². The van der Waals surface area contributed by atoms with Crippen LogP contribution in [0, 0.1) is 0 Å². The fourth-order valence-corrected chi connectivity index (χ4v) is 1.74. The Morgan fingerprint density at radius 3 is 2.75 bits per heavy atom. The number of hydrogen-bond donors (Lipinski definition) is 0. The summed E-state index contributed by atoms with van der Waals surface area (Å²) in [6, 6.07) is 5.12. The lowest BCUT2D eigenvalue weighted by Gasteiger charge is -1.98. The minimum absolute atomic E-state index is 0.0498. The average molecular weight is 219 g/mol. The van der Waals surface area contributed by atoms with Gasteiger partial charge in [0, 0.05) is 18.5 Å². The molecule has 1 aromatic carbocycles. The van der Waals surface area contributed by atoms with E-state index in [1.807, 2.05) is 6.92 Å². The van der Waals surface area contributed by atoms with Gasteiger partial charge in [-0.05, 0) is 25.1 Å². The molecule has 16 heavy (non-hydrogen) atoms. The zero-order chi connectivity index (χ0) is 11.7. The summed E-state index contributed by atoms with van der Waals surface area (Å²) in [5.41, 5.74) is 1.80. The second-order valence-corrected chi connectivity index (χ2v) is 3.57. The molecule has 0 fully saturated rings. The highest BCUT2D eigenvalue weighted by atomic mass is 16.4. The standard InChI is InChI=1S/C12H13NO3/c1-3-10(14)8-5-6-9-11(7-8)16-12(15)13(9)4-2/h5-7H,3-4H2,1-2H3. The summed E-state index contributed by atoms with van der Waals surface area (Å²) < 4.78 is 6.62. The maximum Gasteiger partial charge on any atom is 0.419 e. The zero-order valence-electron chi connectivity index (χ0n) is 9.32. The number of benzene rings is 1. The van der Waals surface area contributed by atoms with Gasteiger partial charge in [-0.25, -0.2) is 4.79 Å². The van der Waals surface area contributed by atoms with Crippen molar-refractivity contribution in [2.45, 2.75) is 26.8 Å². The zero-order valence-corrected chi connectivity index (χ0v) is 9.32. The van der Waals surface area contributed by atoms with Gasteiger partial charge >= 0.3 is 5.76 Å². The van der Waals surface area contributed by atoms with E-state index in [9.17, 15) is 9.59 Å². The Kier molecular flexibility index (Phi) is 2.64. The third-order valence-electron chi connectivity index (χ3n) is 2.63. The molecule has 4 heteroatoms. The Hall–Kier alpha value is -1.84. The molecule has 0 aliphatic rings. The Morgan fingerprint density at radius 1 is 1.38 bits per heavy atom. The van der Waals surface area contributed by atoms with Crippen LogP contribution in [0.15, 0.2) is 27.4 Å². The highest BCUT2D eigenvalue weighted by Crippen LogP contribution is 2.16. The maximum atomic E-state index is 11.5. The minimum atomic E-state index is -0.376. The number of hydrogen-bond acceptors (Lipinski definition) is 3. The van der Waals surface area contributed by atoms with E-state index >= 15 is 0 Å². The van der Waals surface area contributed by atoms with E-state index in [-0.39, 0.29) is 11.5 Å². The highest BCUT2D eigenvalue weighted by Gasteiger charge is 2.10. The fourth-order valence-electron chi connectivity index (χ4n) is 1.74. The van der Waals surface area contributed by atoms with Crippen LogP contribution in [-0.4, -0.2) is 10.4 Å². The summed E-state index contributed by atoms with van der Waals surface area (Å²) in [6.45, 7) is 4.24. The second kappa shape index (κ2) is 3.96. The molecule has 0 spiro atoms. The van der Waals surface area contributed by atoms with Crippen LogP contribution in [0.1, 0.15) is 30.6 Å². The van der Waals surface area contributed by atoms with Gasteiger partial charge in [0.05, 0.1) is 5.52 Å². The molecule has 84 valence electrons. The molecule has 0 aliphatic carbocycles. The number of nitrogens with zero attached hydrogens (tertiary/aromatic N) is 1. The predicted molar refractivity (Wildman–Crippen MR) is 60.8 cm³/mol. The fraction of sp³-hybridized carbons (Fsp3) is 0.333. The lowest BCUT2D eigenvalue weighted by molar-refractivity contribution is 0.0988.